The van der Waals surface area contributed by atoms with Crippen molar-refractivity contribution in [3.63, 3.8) is 0 Å². The van der Waals surface area contributed by atoms with Crippen molar-refractivity contribution in [2.45, 2.75) is 12.6 Å². The van der Waals surface area contributed by atoms with Gasteiger partial charge >= 0.3 is 6.18 Å². The van der Waals surface area contributed by atoms with Gasteiger partial charge in [-0.2, -0.15) is 18.3 Å². The zero-order chi connectivity index (χ0) is 18.0. The van der Waals surface area contributed by atoms with E-state index in [2.05, 4.69) is 10.1 Å². The van der Waals surface area contributed by atoms with Crippen LogP contribution in [0.25, 0.3) is 5.69 Å². The molecule has 0 aliphatic heterocycles. The summed E-state index contributed by atoms with van der Waals surface area (Å²) >= 11 is 0. The fourth-order valence-electron chi connectivity index (χ4n) is 2.37. The largest absolute Gasteiger partial charge is 0.416 e. The Hall–Kier alpha value is -3.03. The molecule has 8 heteroatoms. The van der Waals surface area contributed by atoms with Crippen LogP contribution in [0.3, 0.4) is 0 Å². The van der Waals surface area contributed by atoms with Crippen LogP contribution in [0.2, 0.25) is 0 Å². The van der Waals surface area contributed by atoms with Gasteiger partial charge in [0.05, 0.1) is 11.3 Å². The zero-order valence-electron chi connectivity index (χ0n) is 12.7. The first-order valence-corrected chi connectivity index (χ1v) is 7.18. The van der Waals surface area contributed by atoms with E-state index in [4.69, 9.17) is 0 Å². The molecule has 0 atom stereocenters. The number of carbonyl (C=O) groups excluding carboxylic acids is 1. The number of carbonyl (C=O) groups is 1. The van der Waals surface area contributed by atoms with Crippen molar-refractivity contribution < 1.29 is 22.4 Å². The van der Waals surface area contributed by atoms with Gasteiger partial charge in [-0.15, -0.1) is 0 Å². The fourth-order valence-corrected chi connectivity index (χ4v) is 2.37. The SMILES string of the molecule is O=Cc1ccn(-c2ccnc(Cc3cc(F)cc(C(F)(F)F)c3)c2)n1. The Bertz CT molecular complexity index is 918. The number of hydrogen-bond donors (Lipinski definition) is 0. The van der Waals surface area contributed by atoms with Gasteiger partial charge in [-0.05, 0) is 42.0 Å². The number of pyridine rings is 1. The summed E-state index contributed by atoms with van der Waals surface area (Å²) in [4.78, 5) is 14.8. The van der Waals surface area contributed by atoms with Crippen LogP contribution < -0.4 is 0 Å². The smallest absolute Gasteiger partial charge is 0.296 e. The third kappa shape index (κ3) is 3.90. The Balaban J connectivity index is 1.90. The van der Waals surface area contributed by atoms with E-state index in [1.165, 1.54) is 16.9 Å². The van der Waals surface area contributed by atoms with Crippen molar-refractivity contribution in [3.8, 4) is 5.69 Å². The van der Waals surface area contributed by atoms with Crippen LogP contribution >= 0.6 is 0 Å². The molecule has 25 heavy (non-hydrogen) atoms. The molecule has 0 saturated heterocycles. The lowest BCUT2D eigenvalue weighted by molar-refractivity contribution is -0.137. The van der Waals surface area contributed by atoms with E-state index in [1.807, 2.05) is 0 Å². The van der Waals surface area contributed by atoms with Gasteiger partial charge in [0.25, 0.3) is 0 Å². The summed E-state index contributed by atoms with van der Waals surface area (Å²) in [7, 11) is 0. The number of nitrogens with zero attached hydrogens (tertiary/aromatic N) is 3. The standard InChI is InChI=1S/C17H11F4N3O/c18-13-6-11(5-12(8-13)17(19,20)21)7-15-9-16(1-3-22-15)24-4-2-14(10-25)23-24/h1-6,8-10H,7H2. The van der Waals surface area contributed by atoms with Crippen molar-refractivity contribution in [2.75, 3.05) is 0 Å². The molecule has 4 nitrogen and oxygen atoms in total. The number of hydrogen-bond acceptors (Lipinski definition) is 3. The summed E-state index contributed by atoms with van der Waals surface area (Å²) in [5.41, 5.74) is 0.399. The quantitative estimate of drug-likeness (QED) is 0.531. The van der Waals surface area contributed by atoms with E-state index in [1.54, 1.807) is 18.3 Å². The third-order valence-electron chi connectivity index (χ3n) is 3.47. The number of aromatic nitrogens is 3. The van der Waals surface area contributed by atoms with Crippen molar-refractivity contribution in [2.24, 2.45) is 0 Å². The van der Waals surface area contributed by atoms with Crippen molar-refractivity contribution >= 4 is 6.29 Å². The predicted molar refractivity (Wildman–Crippen MR) is 81.0 cm³/mol. The van der Waals surface area contributed by atoms with E-state index in [-0.39, 0.29) is 17.7 Å². The van der Waals surface area contributed by atoms with E-state index >= 15 is 0 Å². The zero-order valence-corrected chi connectivity index (χ0v) is 12.7. The second kappa shape index (κ2) is 6.46. The molecular weight excluding hydrogens is 338 g/mol. The highest BCUT2D eigenvalue weighted by molar-refractivity contribution is 5.71. The maximum atomic E-state index is 13.5. The molecule has 0 saturated carbocycles. The van der Waals surface area contributed by atoms with Crippen LogP contribution in [0, 0.1) is 5.82 Å². The minimum Gasteiger partial charge on any atom is -0.296 e. The van der Waals surface area contributed by atoms with Gasteiger partial charge in [-0.25, -0.2) is 9.07 Å². The highest BCUT2D eigenvalue weighted by atomic mass is 19.4. The molecule has 1 aromatic carbocycles. The average molecular weight is 349 g/mol. The average Bonchev–Trinajstić information content (AvgIpc) is 3.03. The Morgan fingerprint density at radius 3 is 2.60 bits per heavy atom. The number of halogens is 4. The summed E-state index contributed by atoms with van der Waals surface area (Å²) in [6, 6.07) is 7.17. The van der Waals surface area contributed by atoms with Crippen LogP contribution in [-0.2, 0) is 12.6 Å². The molecule has 2 aromatic heterocycles. The lowest BCUT2D eigenvalue weighted by atomic mass is 10.0. The topological polar surface area (TPSA) is 47.8 Å². The number of aldehydes is 1. The van der Waals surface area contributed by atoms with E-state index < -0.39 is 17.6 Å². The molecule has 0 fully saturated rings. The molecule has 0 bridgehead atoms. The van der Waals surface area contributed by atoms with Gasteiger partial charge < -0.3 is 0 Å². The first kappa shape index (κ1) is 16.8. The Morgan fingerprint density at radius 2 is 1.92 bits per heavy atom. The molecule has 3 rings (SSSR count). The third-order valence-corrected chi connectivity index (χ3v) is 3.47. The lowest BCUT2D eigenvalue weighted by Crippen LogP contribution is -2.07. The number of benzene rings is 1. The molecule has 0 aliphatic carbocycles. The van der Waals surface area contributed by atoms with Gasteiger partial charge in [0, 0.05) is 24.5 Å². The molecule has 0 amide bonds. The van der Waals surface area contributed by atoms with Crippen molar-refractivity contribution in [1.29, 1.82) is 0 Å². The van der Waals surface area contributed by atoms with E-state index in [0.717, 1.165) is 12.1 Å². The van der Waals surface area contributed by atoms with Gasteiger partial charge in [0.15, 0.2) is 6.29 Å². The minimum absolute atomic E-state index is 0.0243. The minimum atomic E-state index is -4.62. The normalized spacial score (nSPS) is 11.5. The van der Waals surface area contributed by atoms with Gasteiger partial charge in [0.2, 0.25) is 0 Å². The summed E-state index contributed by atoms with van der Waals surface area (Å²) in [6.45, 7) is 0. The maximum absolute atomic E-state index is 13.5. The Kier molecular flexibility index (Phi) is 4.35. The maximum Gasteiger partial charge on any atom is 0.416 e. The first-order chi connectivity index (χ1) is 11.8. The highest BCUT2D eigenvalue weighted by Crippen LogP contribution is 2.30. The van der Waals surface area contributed by atoms with Crippen LogP contribution in [0.1, 0.15) is 27.3 Å². The summed E-state index contributed by atoms with van der Waals surface area (Å²) < 4.78 is 53.3. The molecule has 0 aliphatic rings. The highest BCUT2D eigenvalue weighted by Gasteiger charge is 2.31. The van der Waals surface area contributed by atoms with Crippen LogP contribution in [0.5, 0.6) is 0 Å². The molecular formula is C17H11F4N3O. The van der Waals surface area contributed by atoms with Crippen molar-refractivity contribution in [3.05, 3.63) is 77.1 Å². The monoisotopic (exact) mass is 349 g/mol. The lowest BCUT2D eigenvalue weighted by Gasteiger charge is -2.10. The van der Waals surface area contributed by atoms with Crippen molar-refractivity contribution in [1.82, 2.24) is 14.8 Å². The van der Waals surface area contributed by atoms with Gasteiger partial charge in [-0.3, -0.25) is 9.78 Å². The summed E-state index contributed by atoms with van der Waals surface area (Å²) in [5, 5.41) is 4.02. The first-order valence-electron chi connectivity index (χ1n) is 7.18. The molecule has 3 aromatic rings. The Morgan fingerprint density at radius 1 is 1.12 bits per heavy atom. The molecule has 2 heterocycles. The van der Waals surface area contributed by atoms with E-state index in [9.17, 15) is 22.4 Å². The van der Waals surface area contributed by atoms with Crippen LogP contribution in [-0.4, -0.2) is 21.1 Å². The summed E-state index contributed by atoms with van der Waals surface area (Å²) in [5.74, 6) is -0.955. The molecule has 0 spiro atoms. The van der Waals surface area contributed by atoms with Gasteiger partial charge in [-0.1, -0.05) is 0 Å². The molecule has 0 unspecified atom stereocenters. The van der Waals surface area contributed by atoms with E-state index in [0.29, 0.717) is 23.7 Å². The predicted octanol–water partition coefficient (Wildman–Crippen LogP) is 3.83. The fraction of sp³-hybridized carbons (Fsp3) is 0.118. The second-order valence-electron chi connectivity index (χ2n) is 5.33. The second-order valence-corrected chi connectivity index (χ2v) is 5.33. The van der Waals surface area contributed by atoms with Crippen LogP contribution in [0.4, 0.5) is 17.6 Å². The van der Waals surface area contributed by atoms with Crippen LogP contribution in [0.15, 0.2) is 48.8 Å². The molecule has 128 valence electrons. The Labute approximate surface area is 139 Å². The number of rotatable bonds is 4. The molecule has 0 radical (unpaired) electrons. The molecule has 0 N–H and O–H groups in total. The van der Waals surface area contributed by atoms with Gasteiger partial charge in [0.1, 0.15) is 11.5 Å². The number of alkyl halides is 3. The summed E-state index contributed by atoms with van der Waals surface area (Å²) in [6.07, 6.45) is -0.948.